The van der Waals surface area contributed by atoms with Gasteiger partial charge < -0.3 is 10.2 Å². The molecule has 1 rings (SSSR count). The number of rotatable bonds is 3. The lowest BCUT2D eigenvalue weighted by Gasteiger charge is -2.28. The maximum Gasteiger partial charge on any atom is 0.373 e. The van der Waals surface area contributed by atoms with Gasteiger partial charge in [-0.05, 0) is 0 Å². The van der Waals surface area contributed by atoms with E-state index in [-0.39, 0.29) is 0 Å². The molecule has 0 bridgehead atoms. The second-order valence-electron chi connectivity index (χ2n) is 2.51. The van der Waals surface area contributed by atoms with Gasteiger partial charge in [0.1, 0.15) is 0 Å². The summed E-state index contributed by atoms with van der Waals surface area (Å²) >= 11 is 0. The van der Waals surface area contributed by atoms with Crippen LogP contribution in [0, 0.1) is 0 Å². The Labute approximate surface area is 83.9 Å². The molecule has 1 unspecified atom stereocenters. The van der Waals surface area contributed by atoms with E-state index in [1.54, 1.807) is 0 Å². The van der Waals surface area contributed by atoms with Crippen molar-refractivity contribution in [1.82, 2.24) is 10.4 Å². The molecule has 0 saturated carbocycles. The Hall–Kier alpha value is -2.00. The lowest BCUT2D eigenvalue weighted by Crippen LogP contribution is -2.56. The molecule has 1 atom stereocenters. The van der Waals surface area contributed by atoms with E-state index < -0.39 is 29.9 Å². The van der Waals surface area contributed by atoms with Gasteiger partial charge in [0.05, 0.1) is 0 Å². The van der Waals surface area contributed by atoms with Crippen molar-refractivity contribution < 1.29 is 19.8 Å². The van der Waals surface area contributed by atoms with Gasteiger partial charge in [-0.2, -0.15) is 4.99 Å². The van der Waals surface area contributed by atoms with Crippen molar-refractivity contribution >= 4 is 23.6 Å². The van der Waals surface area contributed by atoms with E-state index >= 15 is 0 Å². The summed E-state index contributed by atoms with van der Waals surface area (Å²) in [6.45, 7) is 0. The van der Waals surface area contributed by atoms with Crippen molar-refractivity contribution in [2.24, 2.45) is 15.7 Å². The Kier molecular flexibility index (Phi) is 2.97. The summed E-state index contributed by atoms with van der Waals surface area (Å²) in [7, 11) is 1.42. The number of carbonyl (C=O) groups is 2. The number of nitrogens with zero attached hydrogens (tertiary/aromatic N) is 3. The van der Waals surface area contributed by atoms with Gasteiger partial charge in [0.25, 0.3) is 0 Å². The largest absolute Gasteiger partial charge is 0.475 e. The molecule has 0 aromatic heterocycles. The topological polar surface area (TPSA) is 141 Å². The average Bonchev–Trinajstić information content (AvgIpc) is 2.16. The molecule has 0 fully saturated rings. The normalized spacial score (nSPS) is 20.7. The summed E-state index contributed by atoms with van der Waals surface area (Å²) in [5, 5.41) is 18.3. The van der Waals surface area contributed by atoms with E-state index in [4.69, 9.17) is 15.9 Å². The first-order valence-electron chi connectivity index (χ1n) is 3.82. The molecule has 9 nitrogen and oxygen atoms in total. The number of aliphatic carboxylic acids is 2. The zero-order valence-corrected chi connectivity index (χ0v) is 7.71. The number of amidine groups is 2. The first-order chi connectivity index (χ1) is 6.97. The van der Waals surface area contributed by atoms with Gasteiger partial charge in [-0.25, -0.2) is 25.0 Å². The van der Waals surface area contributed by atoms with Crippen LogP contribution < -0.4 is 11.2 Å². The van der Waals surface area contributed by atoms with Crippen molar-refractivity contribution in [1.29, 1.82) is 0 Å². The molecule has 0 aliphatic carbocycles. The fourth-order valence-electron chi connectivity index (χ4n) is 0.983. The van der Waals surface area contributed by atoms with Gasteiger partial charge >= 0.3 is 11.9 Å². The van der Waals surface area contributed by atoms with Crippen LogP contribution in [-0.2, 0) is 9.59 Å². The number of hydrogen-bond donors (Lipinski definition) is 4. The first kappa shape index (κ1) is 11.1. The molecule has 0 saturated heterocycles. The molecule has 5 N–H and O–H groups in total. The molecular weight excluding hydrogens is 206 g/mol. The fourth-order valence-corrected chi connectivity index (χ4v) is 0.983. The summed E-state index contributed by atoms with van der Waals surface area (Å²) in [6.07, 6.45) is -1.13. The molecular formula is C6H9N5O4. The number of carboxylic acids is 2. The minimum absolute atomic E-state index is 0.516. The van der Waals surface area contributed by atoms with Crippen LogP contribution in [0.2, 0.25) is 0 Å². The van der Waals surface area contributed by atoms with Gasteiger partial charge in [0.15, 0.2) is 6.29 Å². The van der Waals surface area contributed by atoms with E-state index in [1.165, 1.54) is 7.05 Å². The van der Waals surface area contributed by atoms with Crippen LogP contribution in [-0.4, -0.2) is 52.2 Å². The quantitative estimate of drug-likeness (QED) is 0.412. The Morgan fingerprint density at radius 2 is 2.07 bits per heavy atom. The number of nitrogens with one attached hydrogen (secondary N) is 1. The second kappa shape index (κ2) is 4.02. The molecule has 0 spiro atoms. The number of aliphatic imine (C=N–C) groups is 2. The van der Waals surface area contributed by atoms with Gasteiger partial charge in [0.2, 0.25) is 11.7 Å². The maximum absolute atomic E-state index is 10.7. The molecule has 0 amide bonds. The third-order valence-electron chi connectivity index (χ3n) is 1.58. The summed E-state index contributed by atoms with van der Waals surface area (Å²) in [6, 6.07) is 0. The average molecular weight is 215 g/mol. The molecule has 1 aliphatic heterocycles. The third-order valence-corrected chi connectivity index (χ3v) is 1.58. The van der Waals surface area contributed by atoms with E-state index in [2.05, 4.69) is 15.4 Å². The number of hydrogen-bond acceptors (Lipinski definition) is 7. The summed E-state index contributed by atoms with van der Waals surface area (Å²) in [5.41, 5.74) is 7.86. The molecule has 1 heterocycles. The highest BCUT2D eigenvalue weighted by molar-refractivity contribution is 6.44. The van der Waals surface area contributed by atoms with Crippen LogP contribution in [0.4, 0.5) is 0 Å². The number of hydrazine groups is 1. The molecule has 15 heavy (non-hydrogen) atoms. The summed E-state index contributed by atoms with van der Waals surface area (Å²) < 4.78 is 0. The predicted octanol–water partition coefficient (Wildman–Crippen LogP) is -2.36. The smallest absolute Gasteiger partial charge is 0.373 e. The summed E-state index contributed by atoms with van der Waals surface area (Å²) in [5.74, 6) is -3.97. The monoisotopic (exact) mass is 215 g/mol. The van der Waals surface area contributed by atoms with E-state index in [9.17, 15) is 9.59 Å². The Morgan fingerprint density at radius 1 is 1.47 bits per heavy atom. The van der Waals surface area contributed by atoms with Gasteiger partial charge in [-0.3, -0.25) is 5.73 Å². The van der Waals surface area contributed by atoms with Crippen molar-refractivity contribution in [2.75, 3.05) is 7.05 Å². The van der Waals surface area contributed by atoms with Crippen molar-refractivity contribution in [3.63, 3.8) is 0 Å². The molecule has 0 aromatic carbocycles. The van der Waals surface area contributed by atoms with Crippen LogP contribution in [0.15, 0.2) is 9.98 Å². The number of carboxylic acid groups (broad SMARTS) is 2. The van der Waals surface area contributed by atoms with Crippen LogP contribution >= 0.6 is 0 Å². The van der Waals surface area contributed by atoms with Crippen molar-refractivity contribution in [3.05, 3.63) is 0 Å². The van der Waals surface area contributed by atoms with Crippen LogP contribution in [0.5, 0.6) is 0 Å². The molecule has 0 aromatic rings. The van der Waals surface area contributed by atoms with Gasteiger partial charge in [-0.15, -0.1) is 0 Å². The highest BCUT2D eigenvalue weighted by Crippen LogP contribution is 2.03. The SMILES string of the molecule is CNN1C(C(=O)O)=NC(C(=O)O)=NC1N. The molecule has 9 heteroatoms. The molecule has 0 radical (unpaired) electrons. The fraction of sp³-hybridized carbons (Fsp3) is 0.333. The maximum atomic E-state index is 10.7. The van der Waals surface area contributed by atoms with Gasteiger partial charge in [0, 0.05) is 7.05 Å². The highest BCUT2D eigenvalue weighted by atomic mass is 16.4. The minimum atomic E-state index is -1.43. The van der Waals surface area contributed by atoms with E-state index in [1.807, 2.05) is 0 Å². The highest BCUT2D eigenvalue weighted by Gasteiger charge is 2.29. The third kappa shape index (κ3) is 2.08. The zero-order valence-electron chi connectivity index (χ0n) is 7.71. The lowest BCUT2D eigenvalue weighted by atomic mass is 10.4. The first-order valence-corrected chi connectivity index (χ1v) is 3.82. The van der Waals surface area contributed by atoms with Crippen molar-refractivity contribution in [2.45, 2.75) is 6.29 Å². The predicted molar refractivity (Wildman–Crippen MR) is 49.0 cm³/mol. The van der Waals surface area contributed by atoms with Crippen LogP contribution in [0.25, 0.3) is 0 Å². The van der Waals surface area contributed by atoms with Gasteiger partial charge in [-0.1, -0.05) is 0 Å². The lowest BCUT2D eigenvalue weighted by molar-refractivity contribution is -0.130. The van der Waals surface area contributed by atoms with Crippen LogP contribution in [0.3, 0.4) is 0 Å². The minimum Gasteiger partial charge on any atom is -0.475 e. The van der Waals surface area contributed by atoms with E-state index in [0.29, 0.717) is 0 Å². The standard InChI is InChI=1S/C6H9N5O4/c1-8-11-3(5(14)15)9-2(4(12)13)10-6(11)7/h6,8H,7H2,1H3,(H,12,13)(H,14,15). The van der Waals surface area contributed by atoms with E-state index in [0.717, 1.165) is 5.01 Å². The Balaban J connectivity index is 3.12. The Bertz CT molecular complexity index is 363. The summed E-state index contributed by atoms with van der Waals surface area (Å²) in [4.78, 5) is 28.1. The van der Waals surface area contributed by atoms with Crippen LogP contribution in [0.1, 0.15) is 0 Å². The second-order valence-corrected chi connectivity index (χ2v) is 2.51. The van der Waals surface area contributed by atoms with Crippen molar-refractivity contribution in [3.8, 4) is 0 Å². The number of nitrogens with two attached hydrogens (primary N) is 1. The zero-order chi connectivity index (χ0) is 11.6. The molecule has 1 aliphatic rings. The molecule has 82 valence electrons. The Morgan fingerprint density at radius 3 is 2.47 bits per heavy atom.